The lowest BCUT2D eigenvalue weighted by molar-refractivity contribution is 0.0697. The summed E-state index contributed by atoms with van der Waals surface area (Å²) in [5.41, 5.74) is 2.41. The van der Waals surface area contributed by atoms with Gasteiger partial charge in [-0.25, -0.2) is 9.78 Å². The zero-order valence-electron chi connectivity index (χ0n) is 15.3. The van der Waals surface area contributed by atoms with E-state index in [-0.39, 0.29) is 6.04 Å². The van der Waals surface area contributed by atoms with Gasteiger partial charge in [-0.15, -0.1) is 0 Å². The molecular weight excluding hydrogens is 376 g/mol. The summed E-state index contributed by atoms with van der Waals surface area (Å²) in [7, 11) is 0. The molecule has 5 nitrogen and oxygen atoms in total. The number of rotatable bonds is 6. The molecule has 1 aliphatic heterocycles. The Kier molecular flexibility index (Phi) is 5.46. The minimum atomic E-state index is -0.906. The first kappa shape index (κ1) is 18.7. The van der Waals surface area contributed by atoms with Gasteiger partial charge >= 0.3 is 5.97 Å². The molecule has 1 N–H and O–H groups in total. The summed E-state index contributed by atoms with van der Waals surface area (Å²) in [6.45, 7) is 1.71. The number of aromatic carboxylic acids is 1. The van der Waals surface area contributed by atoms with E-state index in [0.29, 0.717) is 12.0 Å². The van der Waals surface area contributed by atoms with Crippen LogP contribution in [0.5, 0.6) is 0 Å². The van der Waals surface area contributed by atoms with Crippen molar-refractivity contribution in [1.29, 1.82) is 0 Å². The molecule has 1 saturated heterocycles. The summed E-state index contributed by atoms with van der Waals surface area (Å²) < 4.78 is 6.06. The number of carboxylic acid groups (broad SMARTS) is 1. The zero-order chi connectivity index (χ0) is 19.5. The second kappa shape index (κ2) is 8.17. The molecule has 28 heavy (non-hydrogen) atoms. The fourth-order valence-electron chi connectivity index (χ4n) is 3.67. The van der Waals surface area contributed by atoms with Crippen molar-refractivity contribution in [3.63, 3.8) is 0 Å². The third-order valence-corrected chi connectivity index (χ3v) is 5.50. The monoisotopic (exact) mass is 396 g/mol. The normalized spacial score (nSPS) is 17.1. The lowest BCUT2D eigenvalue weighted by atomic mass is 10.1. The Bertz CT molecular complexity index is 968. The molecule has 1 atom stereocenters. The van der Waals surface area contributed by atoms with Crippen LogP contribution >= 0.6 is 11.6 Å². The van der Waals surface area contributed by atoms with Crippen LogP contribution in [0.1, 0.15) is 52.0 Å². The van der Waals surface area contributed by atoms with E-state index in [9.17, 15) is 4.79 Å². The van der Waals surface area contributed by atoms with Crippen LogP contribution in [0.4, 0.5) is 0 Å². The van der Waals surface area contributed by atoms with Crippen molar-refractivity contribution in [1.82, 2.24) is 9.88 Å². The maximum Gasteiger partial charge on any atom is 0.335 e. The van der Waals surface area contributed by atoms with Crippen molar-refractivity contribution in [2.75, 3.05) is 6.54 Å². The van der Waals surface area contributed by atoms with Crippen LogP contribution in [0.25, 0.3) is 0 Å². The van der Waals surface area contributed by atoms with Gasteiger partial charge in [0, 0.05) is 18.0 Å². The first-order valence-corrected chi connectivity index (χ1v) is 9.72. The van der Waals surface area contributed by atoms with Crippen molar-refractivity contribution in [2.45, 2.75) is 31.8 Å². The van der Waals surface area contributed by atoms with E-state index in [4.69, 9.17) is 21.1 Å². The van der Waals surface area contributed by atoms with Crippen LogP contribution in [0.3, 0.4) is 0 Å². The van der Waals surface area contributed by atoms with Crippen LogP contribution in [0, 0.1) is 0 Å². The Morgan fingerprint density at radius 2 is 2.00 bits per heavy atom. The first-order chi connectivity index (χ1) is 13.6. The Morgan fingerprint density at radius 3 is 2.75 bits per heavy atom. The number of oxazole rings is 1. The SMILES string of the molecule is O=C(O)c1ccc(CN2CCC[C@H]2c2ncc(Cc3ccccc3Cl)o2)cc1. The summed E-state index contributed by atoms with van der Waals surface area (Å²) in [4.78, 5) is 17.9. The molecule has 0 unspecified atom stereocenters. The summed E-state index contributed by atoms with van der Waals surface area (Å²) in [6.07, 6.45) is 4.49. The van der Waals surface area contributed by atoms with Gasteiger partial charge in [-0.3, -0.25) is 4.90 Å². The molecule has 0 saturated carbocycles. The quantitative estimate of drug-likeness (QED) is 0.638. The molecule has 4 rings (SSSR count). The smallest absolute Gasteiger partial charge is 0.335 e. The molecule has 0 radical (unpaired) electrons. The van der Waals surface area contributed by atoms with Crippen LogP contribution in [-0.4, -0.2) is 27.5 Å². The molecular formula is C22H21ClN2O3. The van der Waals surface area contributed by atoms with Crippen molar-refractivity contribution < 1.29 is 14.3 Å². The van der Waals surface area contributed by atoms with Crippen LogP contribution in [-0.2, 0) is 13.0 Å². The number of nitrogens with zero attached hydrogens (tertiary/aromatic N) is 2. The number of likely N-dealkylation sites (tertiary alicyclic amines) is 1. The van der Waals surface area contributed by atoms with E-state index in [2.05, 4.69) is 9.88 Å². The summed E-state index contributed by atoms with van der Waals surface area (Å²) in [5.74, 6) is 0.638. The van der Waals surface area contributed by atoms with Gasteiger partial charge in [0.2, 0.25) is 5.89 Å². The fourth-order valence-corrected chi connectivity index (χ4v) is 3.87. The highest BCUT2D eigenvalue weighted by Crippen LogP contribution is 2.33. The van der Waals surface area contributed by atoms with E-state index in [1.165, 1.54) is 0 Å². The van der Waals surface area contributed by atoms with E-state index in [1.54, 1.807) is 18.3 Å². The summed E-state index contributed by atoms with van der Waals surface area (Å²) in [6, 6.07) is 14.9. The van der Waals surface area contributed by atoms with Crippen molar-refractivity contribution in [3.05, 3.63) is 88.1 Å². The van der Waals surface area contributed by atoms with Crippen LogP contribution in [0.2, 0.25) is 5.02 Å². The third kappa shape index (κ3) is 4.11. The molecule has 2 heterocycles. The highest BCUT2D eigenvalue weighted by molar-refractivity contribution is 6.31. The topological polar surface area (TPSA) is 66.6 Å². The molecule has 0 bridgehead atoms. The van der Waals surface area contributed by atoms with E-state index in [0.717, 1.165) is 53.7 Å². The van der Waals surface area contributed by atoms with Gasteiger partial charge in [0.15, 0.2) is 0 Å². The van der Waals surface area contributed by atoms with E-state index in [1.807, 2.05) is 36.4 Å². The van der Waals surface area contributed by atoms with Crippen molar-refractivity contribution >= 4 is 17.6 Å². The van der Waals surface area contributed by atoms with Crippen molar-refractivity contribution in [3.8, 4) is 0 Å². The van der Waals surface area contributed by atoms with E-state index < -0.39 is 5.97 Å². The van der Waals surface area contributed by atoms with E-state index >= 15 is 0 Å². The number of carboxylic acids is 1. The number of aromatic nitrogens is 1. The standard InChI is InChI=1S/C22H21ClN2O3/c23-19-5-2-1-4-17(19)12-18-13-24-21(28-18)20-6-3-11-25(20)14-15-7-9-16(10-8-15)22(26)27/h1-2,4-5,7-10,13,20H,3,6,11-12,14H2,(H,26,27)/t20-/m0/s1. The van der Waals surface area contributed by atoms with Gasteiger partial charge in [-0.2, -0.15) is 0 Å². The second-order valence-electron chi connectivity index (χ2n) is 7.06. The Hall–Kier alpha value is -2.63. The molecule has 1 aromatic heterocycles. The first-order valence-electron chi connectivity index (χ1n) is 9.34. The molecule has 3 aromatic rings. The Balaban J connectivity index is 1.45. The van der Waals surface area contributed by atoms with Crippen LogP contribution < -0.4 is 0 Å². The maximum atomic E-state index is 11.0. The highest BCUT2D eigenvalue weighted by atomic mass is 35.5. The number of hydrogen-bond acceptors (Lipinski definition) is 4. The third-order valence-electron chi connectivity index (χ3n) is 5.13. The maximum absolute atomic E-state index is 11.0. The Morgan fingerprint density at radius 1 is 1.21 bits per heavy atom. The van der Waals surface area contributed by atoms with Gasteiger partial charge in [-0.1, -0.05) is 41.9 Å². The lowest BCUT2D eigenvalue weighted by Gasteiger charge is -2.22. The predicted octanol–water partition coefficient (Wildman–Crippen LogP) is 4.95. The predicted molar refractivity (Wildman–Crippen MR) is 107 cm³/mol. The lowest BCUT2D eigenvalue weighted by Crippen LogP contribution is -2.23. The van der Waals surface area contributed by atoms with Gasteiger partial charge in [0.25, 0.3) is 0 Å². The number of carbonyl (C=O) groups is 1. The fraction of sp³-hybridized carbons (Fsp3) is 0.273. The largest absolute Gasteiger partial charge is 0.478 e. The number of halogens is 1. The average molecular weight is 397 g/mol. The molecule has 0 amide bonds. The minimum absolute atomic E-state index is 0.138. The zero-order valence-corrected chi connectivity index (χ0v) is 16.1. The van der Waals surface area contributed by atoms with Gasteiger partial charge < -0.3 is 9.52 Å². The molecule has 1 aliphatic rings. The highest BCUT2D eigenvalue weighted by Gasteiger charge is 2.29. The number of benzene rings is 2. The molecule has 2 aromatic carbocycles. The van der Waals surface area contributed by atoms with Crippen LogP contribution in [0.15, 0.2) is 59.1 Å². The summed E-state index contributed by atoms with van der Waals surface area (Å²) in [5, 5.41) is 9.77. The molecule has 6 heteroatoms. The van der Waals surface area contributed by atoms with Gasteiger partial charge in [-0.05, 0) is 48.7 Å². The summed E-state index contributed by atoms with van der Waals surface area (Å²) >= 11 is 6.25. The Labute approximate surface area is 168 Å². The van der Waals surface area contributed by atoms with Gasteiger partial charge in [0.1, 0.15) is 5.76 Å². The molecule has 1 fully saturated rings. The van der Waals surface area contributed by atoms with Gasteiger partial charge in [0.05, 0.1) is 17.8 Å². The second-order valence-corrected chi connectivity index (χ2v) is 7.47. The average Bonchev–Trinajstić information content (AvgIpc) is 3.33. The number of hydrogen-bond donors (Lipinski definition) is 1. The van der Waals surface area contributed by atoms with Crippen molar-refractivity contribution in [2.24, 2.45) is 0 Å². The molecule has 0 aliphatic carbocycles. The molecule has 144 valence electrons. The minimum Gasteiger partial charge on any atom is -0.478 e. The molecule has 0 spiro atoms.